The molecule has 0 bridgehead atoms. The van der Waals surface area contributed by atoms with Crippen molar-refractivity contribution in [3.8, 4) is 23.0 Å². The molecule has 8 atom stereocenters. The van der Waals surface area contributed by atoms with Gasteiger partial charge in [0.05, 0.1) is 33.9 Å². The van der Waals surface area contributed by atoms with E-state index < -0.39 is 69.5 Å². The van der Waals surface area contributed by atoms with Crippen molar-refractivity contribution < 1.29 is 62.5 Å². The van der Waals surface area contributed by atoms with Crippen LogP contribution in [0, 0.1) is 22.7 Å². The van der Waals surface area contributed by atoms with Gasteiger partial charge in [-0.3, -0.25) is 4.79 Å². The maximum absolute atomic E-state index is 14.1. The molecule has 63 heavy (non-hydrogen) atoms. The molecule has 13 nitrogen and oxygen atoms in total. The summed E-state index contributed by atoms with van der Waals surface area (Å²) >= 11 is 0. The molecular formula is C50H62O13. The standard InChI is InChI=1S/C50H62O13/c1-30(2)31(3)25-45(54)62-42-29-41-46(5)21-20-36(61-43(52)17-13-33-11-15-37(57-7)39(26-33)59-9)28-35(46)19-22-48(41,55)50(56)24-23-49(32(4)51,47(42,50)6)63-44(53)18-14-34-12-16-38(58-8)40(27-34)60-10/h11-19,25-27,30,36,41-42,55-56H,20-24,28-29H2,1-10H3/b17-13+,18-14+,31-25+/t36-,41?,42+,46-,47+,48-,49+,50+/m0/s1. The third-order valence-electron chi connectivity index (χ3n) is 14.8. The van der Waals surface area contributed by atoms with E-state index in [1.807, 2.05) is 33.8 Å². The zero-order chi connectivity index (χ0) is 46.1. The van der Waals surface area contributed by atoms with E-state index in [0.29, 0.717) is 47.8 Å². The number of hydrogen-bond acceptors (Lipinski definition) is 13. The van der Waals surface area contributed by atoms with Crippen molar-refractivity contribution in [1.29, 1.82) is 0 Å². The Kier molecular flexibility index (Phi) is 13.5. The lowest BCUT2D eigenvalue weighted by atomic mass is 9.42. The lowest BCUT2D eigenvalue weighted by molar-refractivity contribution is -0.315. The van der Waals surface area contributed by atoms with Gasteiger partial charge in [-0.1, -0.05) is 50.1 Å². The van der Waals surface area contributed by atoms with Crippen molar-refractivity contribution in [2.45, 2.75) is 115 Å². The molecule has 13 heteroatoms. The minimum Gasteiger partial charge on any atom is -0.493 e. The Morgan fingerprint density at radius 1 is 0.746 bits per heavy atom. The molecule has 0 aromatic heterocycles. The van der Waals surface area contributed by atoms with Gasteiger partial charge in [0.15, 0.2) is 34.4 Å². The summed E-state index contributed by atoms with van der Waals surface area (Å²) in [5.41, 5.74) is -5.38. The SMILES string of the molecule is COc1ccc(/C=C/C(=O)O[C@H]2CC[C@@]3(C)C(=CC[C@]4(O)C3C[C@@H](OC(=O)/C=C(\C)C(C)C)[C@@]3(C)[C@]4(O)CC[C@@]3(OC(=O)/C=C/c3ccc(OC)c(OC)c3)C(C)=O)C2)cc1OC. The number of carbonyl (C=O) groups excluding carboxylic acids is 4. The Labute approximate surface area is 370 Å². The van der Waals surface area contributed by atoms with Crippen LogP contribution < -0.4 is 18.9 Å². The number of allylic oxidation sites excluding steroid dienone is 1. The first-order valence-electron chi connectivity index (χ1n) is 21.5. The summed E-state index contributed by atoms with van der Waals surface area (Å²) in [6.45, 7) is 10.7. The van der Waals surface area contributed by atoms with E-state index in [0.717, 1.165) is 16.7 Å². The molecular weight excluding hydrogens is 809 g/mol. The van der Waals surface area contributed by atoms with E-state index in [4.69, 9.17) is 33.2 Å². The molecule has 0 saturated heterocycles. The molecule has 4 aliphatic rings. The number of carbonyl (C=O) groups is 4. The molecule has 2 aromatic rings. The van der Waals surface area contributed by atoms with Crippen molar-refractivity contribution in [3.63, 3.8) is 0 Å². The van der Waals surface area contributed by atoms with Gasteiger partial charge >= 0.3 is 17.9 Å². The van der Waals surface area contributed by atoms with E-state index in [1.165, 1.54) is 52.6 Å². The number of ketones is 1. The number of rotatable bonds is 14. The van der Waals surface area contributed by atoms with Crippen molar-refractivity contribution in [2.75, 3.05) is 28.4 Å². The summed E-state index contributed by atoms with van der Waals surface area (Å²) in [5.74, 6) is -1.16. The zero-order valence-corrected chi connectivity index (χ0v) is 38.1. The van der Waals surface area contributed by atoms with Gasteiger partial charge in [-0.25, -0.2) is 14.4 Å². The van der Waals surface area contributed by atoms with Crippen molar-refractivity contribution in [3.05, 3.63) is 83.0 Å². The molecule has 4 aliphatic carbocycles. The number of benzene rings is 2. The first kappa shape index (κ1) is 47.1. The van der Waals surface area contributed by atoms with Crippen LogP contribution in [0.4, 0.5) is 0 Å². The Bertz CT molecular complexity index is 2240. The molecule has 0 spiro atoms. The van der Waals surface area contributed by atoms with Crippen molar-refractivity contribution >= 4 is 35.8 Å². The fourth-order valence-corrected chi connectivity index (χ4v) is 10.8. The van der Waals surface area contributed by atoms with Gasteiger partial charge in [0.1, 0.15) is 23.4 Å². The van der Waals surface area contributed by atoms with E-state index >= 15 is 0 Å². The molecule has 2 aromatic carbocycles. The number of Topliss-reactive ketones (excluding diaryl/α,β-unsaturated/α-hetero) is 1. The fourth-order valence-electron chi connectivity index (χ4n) is 10.8. The fraction of sp³-hybridized carbons (Fsp3) is 0.520. The van der Waals surface area contributed by atoms with E-state index in [9.17, 15) is 29.4 Å². The van der Waals surface area contributed by atoms with Crippen LogP contribution >= 0.6 is 0 Å². The third-order valence-corrected chi connectivity index (χ3v) is 14.8. The molecule has 0 aliphatic heterocycles. The molecule has 6 rings (SSSR count). The van der Waals surface area contributed by atoms with E-state index in [2.05, 4.69) is 0 Å². The lowest BCUT2D eigenvalue weighted by Crippen LogP contribution is -2.78. The summed E-state index contributed by atoms with van der Waals surface area (Å²) in [4.78, 5) is 55.0. The first-order chi connectivity index (χ1) is 29.7. The maximum atomic E-state index is 14.1. The summed E-state index contributed by atoms with van der Waals surface area (Å²) in [6, 6.07) is 10.4. The molecule has 340 valence electrons. The minimum absolute atomic E-state index is 0.00269. The predicted octanol–water partition coefficient (Wildman–Crippen LogP) is 7.55. The highest BCUT2D eigenvalue weighted by Gasteiger charge is 2.83. The number of fused-ring (bicyclic) bond motifs is 5. The molecule has 0 heterocycles. The van der Waals surface area contributed by atoms with Crippen molar-refractivity contribution in [1.82, 2.24) is 0 Å². The Morgan fingerprint density at radius 2 is 1.32 bits per heavy atom. The maximum Gasteiger partial charge on any atom is 0.331 e. The summed E-state index contributed by atoms with van der Waals surface area (Å²) < 4.78 is 40.0. The van der Waals surface area contributed by atoms with Crippen LogP contribution in [0.1, 0.15) is 97.6 Å². The lowest BCUT2D eigenvalue weighted by Gasteiger charge is -2.67. The zero-order valence-electron chi connectivity index (χ0n) is 38.1. The summed E-state index contributed by atoms with van der Waals surface area (Å²) in [5, 5.41) is 26.5. The van der Waals surface area contributed by atoms with Gasteiger partial charge in [0, 0.05) is 30.6 Å². The Balaban J connectivity index is 1.32. The normalized spacial score (nSPS) is 31.3. The Morgan fingerprint density at radius 3 is 1.86 bits per heavy atom. The molecule has 3 fully saturated rings. The van der Waals surface area contributed by atoms with Crippen LogP contribution in [-0.2, 0) is 33.4 Å². The average molecular weight is 871 g/mol. The second-order valence-corrected chi connectivity index (χ2v) is 18.1. The highest BCUT2D eigenvalue weighted by molar-refractivity contribution is 5.94. The van der Waals surface area contributed by atoms with Gasteiger partial charge in [0.25, 0.3) is 0 Å². The first-order valence-corrected chi connectivity index (χ1v) is 21.5. The average Bonchev–Trinajstić information content (AvgIpc) is 3.50. The van der Waals surface area contributed by atoms with Crippen LogP contribution in [0.3, 0.4) is 0 Å². The molecule has 0 radical (unpaired) electrons. The highest BCUT2D eigenvalue weighted by atomic mass is 16.6. The van der Waals surface area contributed by atoms with Gasteiger partial charge in [-0.15, -0.1) is 0 Å². The summed E-state index contributed by atoms with van der Waals surface area (Å²) in [7, 11) is 6.10. The third kappa shape index (κ3) is 8.18. The van der Waals surface area contributed by atoms with Crippen LogP contribution in [-0.4, -0.2) is 91.4 Å². The van der Waals surface area contributed by atoms with Gasteiger partial charge in [-0.2, -0.15) is 0 Å². The number of ether oxygens (including phenoxy) is 7. The van der Waals surface area contributed by atoms with Crippen LogP contribution in [0.5, 0.6) is 23.0 Å². The van der Waals surface area contributed by atoms with Gasteiger partial charge < -0.3 is 43.4 Å². The monoisotopic (exact) mass is 870 g/mol. The van der Waals surface area contributed by atoms with Crippen LogP contribution in [0.2, 0.25) is 0 Å². The van der Waals surface area contributed by atoms with Gasteiger partial charge in [-0.05, 0) is 118 Å². The number of methoxy groups -OCH3 is 4. The van der Waals surface area contributed by atoms with Crippen LogP contribution in [0.25, 0.3) is 12.2 Å². The largest absolute Gasteiger partial charge is 0.493 e. The second kappa shape index (κ2) is 18.0. The number of hydrogen-bond donors (Lipinski definition) is 2. The quantitative estimate of drug-likeness (QED) is 0.0826. The van der Waals surface area contributed by atoms with E-state index in [-0.39, 0.29) is 31.6 Å². The smallest absolute Gasteiger partial charge is 0.331 e. The molecule has 3 saturated carbocycles. The topological polar surface area (TPSA) is 173 Å². The van der Waals surface area contributed by atoms with Crippen molar-refractivity contribution in [2.24, 2.45) is 22.7 Å². The highest BCUT2D eigenvalue weighted by Crippen LogP contribution is 2.71. The summed E-state index contributed by atoms with van der Waals surface area (Å²) in [6.07, 6.45) is 8.57. The number of esters is 3. The van der Waals surface area contributed by atoms with E-state index in [1.54, 1.807) is 56.5 Å². The number of aliphatic hydroxyl groups is 2. The molecule has 2 N–H and O–H groups in total. The Hall–Kier alpha value is -5.40. The van der Waals surface area contributed by atoms with Crippen LogP contribution in [0.15, 0.2) is 71.8 Å². The van der Waals surface area contributed by atoms with Gasteiger partial charge in [0.2, 0.25) is 0 Å². The predicted molar refractivity (Wildman–Crippen MR) is 235 cm³/mol. The minimum atomic E-state index is -2.08. The molecule has 1 unspecified atom stereocenters. The second-order valence-electron chi connectivity index (χ2n) is 18.1. The molecule has 0 amide bonds.